The van der Waals surface area contributed by atoms with Crippen molar-refractivity contribution >= 4 is 28.3 Å². The second-order valence-corrected chi connectivity index (χ2v) is 4.94. The number of halogens is 2. The molecule has 0 heterocycles. The van der Waals surface area contributed by atoms with Crippen LogP contribution < -0.4 is 10.5 Å². The van der Waals surface area contributed by atoms with Crippen LogP contribution in [0.5, 0.6) is 5.75 Å². The van der Waals surface area contributed by atoms with E-state index in [0.717, 1.165) is 23.1 Å². The quantitative estimate of drug-likeness (QED) is 0.929. The maximum atomic E-state index is 5.93. The molecule has 1 fully saturated rings. The van der Waals surface area contributed by atoms with Gasteiger partial charge in [0.05, 0.1) is 10.0 Å². The van der Waals surface area contributed by atoms with Gasteiger partial charge in [0.25, 0.3) is 0 Å². The van der Waals surface area contributed by atoms with Crippen LogP contribution in [0, 0.1) is 6.92 Å². The first kappa shape index (κ1) is 12.8. The molecule has 0 radical (unpaired) electrons. The maximum absolute atomic E-state index is 5.93. The number of rotatable bonds is 3. The average molecular weight is 293 g/mol. The fourth-order valence-electron chi connectivity index (χ4n) is 1.25. The Hall–Kier alpha value is -0.250. The highest BCUT2D eigenvalue weighted by atomic mass is 79.9. The summed E-state index contributed by atoms with van der Waals surface area (Å²) in [6.07, 6.45) is 2.16. The Labute approximate surface area is 105 Å². The summed E-state index contributed by atoms with van der Waals surface area (Å²) in [5.74, 6) is 0.882. The smallest absolute Gasteiger partial charge is 0.133 e. The van der Waals surface area contributed by atoms with Crippen molar-refractivity contribution in [3.8, 4) is 5.75 Å². The van der Waals surface area contributed by atoms with E-state index in [4.69, 9.17) is 10.5 Å². The summed E-state index contributed by atoms with van der Waals surface area (Å²) in [6.45, 7) is 2.68. The molecule has 1 aliphatic rings. The minimum Gasteiger partial charge on any atom is -0.490 e. The summed E-state index contributed by atoms with van der Waals surface area (Å²) in [4.78, 5) is 0. The number of nitrogens with two attached hydrogens (primary N) is 1. The largest absolute Gasteiger partial charge is 0.490 e. The van der Waals surface area contributed by atoms with Gasteiger partial charge in [-0.2, -0.15) is 0 Å². The van der Waals surface area contributed by atoms with E-state index in [9.17, 15) is 0 Å². The van der Waals surface area contributed by atoms with Crippen molar-refractivity contribution in [1.29, 1.82) is 0 Å². The highest BCUT2D eigenvalue weighted by Crippen LogP contribution is 2.34. The lowest BCUT2D eigenvalue weighted by Gasteiger charge is -2.12. The van der Waals surface area contributed by atoms with Gasteiger partial charge in [-0.15, -0.1) is 12.4 Å². The summed E-state index contributed by atoms with van der Waals surface area (Å²) >= 11 is 3.47. The Bertz CT molecular complexity index is 352. The second-order valence-electron chi connectivity index (χ2n) is 4.08. The van der Waals surface area contributed by atoms with Gasteiger partial charge in [-0.25, -0.2) is 0 Å². The summed E-state index contributed by atoms with van der Waals surface area (Å²) in [6, 6.07) is 6.06. The molecular weight excluding hydrogens is 277 g/mol. The third-order valence-electron chi connectivity index (χ3n) is 2.49. The first-order chi connectivity index (χ1) is 6.59. The molecule has 0 atom stereocenters. The fourth-order valence-corrected chi connectivity index (χ4v) is 1.86. The number of hydrogen-bond acceptors (Lipinski definition) is 2. The Morgan fingerprint density at radius 3 is 2.67 bits per heavy atom. The zero-order valence-electron chi connectivity index (χ0n) is 8.63. The minimum atomic E-state index is -0.0513. The van der Waals surface area contributed by atoms with Crippen LogP contribution in [0.3, 0.4) is 0 Å². The van der Waals surface area contributed by atoms with E-state index in [1.807, 2.05) is 18.2 Å². The highest BCUT2D eigenvalue weighted by Gasteiger charge is 2.39. The van der Waals surface area contributed by atoms with E-state index in [1.54, 1.807) is 0 Å². The summed E-state index contributed by atoms with van der Waals surface area (Å²) in [7, 11) is 0. The van der Waals surface area contributed by atoms with Crippen molar-refractivity contribution in [2.75, 3.05) is 6.61 Å². The molecule has 1 saturated carbocycles. The van der Waals surface area contributed by atoms with Crippen LogP contribution in [0.25, 0.3) is 0 Å². The van der Waals surface area contributed by atoms with E-state index in [-0.39, 0.29) is 17.9 Å². The van der Waals surface area contributed by atoms with Gasteiger partial charge in [0.1, 0.15) is 12.4 Å². The van der Waals surface area contributed by atoms with Gasteiger partial charge < -0.3 is 10.5 Å². The molecule has 2 N–H and O–H groups in total. The molecule has 15 heavy (non-hydrogen) atoms. The van der Waals surface area contributed by atoms with E-state index >= 15 is 0 Å². The van der Waals surface area contributed by atoms with Crippen molar-refractivity contribution < 1.29 is 4.74 Å². The predicted octanol–water partition coefficient (Wildman–Crippen LogP) is 3.05. The van der Waals surface area contributed by atoms with Crippen molar-refractivity contribution in [3.63, 3.8) is 0 Å². The van der Waals surface area contributed by atoms with E-state index in [1.165, 1.54) is 5.56 Å². The van der Waals surface area contributed by atoms with Crippen LogP contribution in [-0.2, 0) is 0 Å². The molecule has 84 valence electrons. The van der Waals surface area contributed by atoms with Crippen LogP contribution in [0.4, 0.5) is 0 Å². The summed E-state index contributed by atoms with van der Waals surface area (Å²) in [5, 5.41) is 0. The first-order valence-electron chi connectivity index (χ1n) is 4.77. The lowest BCUT2D eigenvalue weighted by atomic mass is 10.2. The van der Waals surface area contributed by atoms with Crippen molar-refractivity contribution in [3.05, 3.63) is 28.2 Å². The van der Waals surface area contributed by atoms with Gasteiger partial charge >= 0.3 is 0 Å². The molecule has 0 aliphatic heterocycles. The van der Waals surface area contributed by atoms with Crippen LogP contribution in [-0.4, -0.2) is 12.1 Å². The fraction of sp³-hybridized carbons (Fsp3) is 0.455. The van der Waals surface area contributed by atoms with Crippen LogP contribution in [0.2, 0.25) is 0 Å². The second kappa shape index (κ2) is 4.73. The number of hydrogen-bond donors (Lipinski definition) is 1. The zero-order valence-corrected chi connectivity index (χ0v) is 11.0. The Morgan fingerprint density at radius 2 is 2.13 bits per heavy atom. The molecule has 0 saturated heterocycles. The lowest BCUT2D eigenvalue weighted by molar-refractivity contribution is 0.278. The van der Waals surface area contributed by atoms with E-state index in [0.29, 0.717) is 6.61 Å². The normalized spacial score (nSPS) is 16.7. The Kier molecular flexibility index (Phi) is 4.04. The van der Waals surface area contributed by atoms with Crippen LogP contribution in [0.1, 0.15) is 18.4 Å². The molecule has 1 aromatic rings. The van der Waals surface area contributed by atoms with Crippen molar-refractivity contribution in [1.82, 2.24) is 0 Å². The minimum absolute atomic E-state index is 0. The van der Waals surface area contributed by atoms with Gasteiger partial charge in [-0.3, -0.25) is 0 Å². The molecule has 0 aromatic heterocycles. The molecule has 1 aliphatic carbocycles. The van der Waals surface area contributed by atoms with Gasteiger partial charge in [-0.1, -0.05) is 6.07 Å². The van der Waals surface area contributed by atoms with Gasteiger partial charge in [0.15, 0.2) is 0 Å². The van der Waals surface area contributed by atoms with Gasteiger partial charge in [0, 0.05) is 0 Å². The summed E-state index contributed by atoms with van der Waals surface area (Å²) in [5.41, 5.74) is 7.10. The maximum Gasteiger partial charge on any atom is 0.133 e. The molecule has 2 rings (SSSR count). The third kappa shape index (κ3) is 3.37. The topological polar surface area (TPSA) is 35.2 Å². The monoisotopic (exact) mass is 291 g/mol. The number of benzene rings is 1. The molecular formula is C11H15BrClNO. The molecule has 2 nitrogen and oxygen atoms in total. The van der Waals surface area contributed by atoms with Crippen molar-refractivity contribution in [2.45, 2.75) is 25.3 Å². The average Bonchev–Trinajstić information content (AvgIpc) is 2.83. The SMILES string of the molecule is Cc1ccc(OCC2(N)CC2)c(Br)c1.Cl. The van der Waals surface area contributed by atoms with E-state index in [2.05, 4.69) is 22.9 Å². The number of ether oxygens (including phenoxy) is 1. The zero-order chi connectivity index (χ0) is 10.2. The highest BCUT2D eigenvalue weighted by molar-refractivity contribution is 9.10. The molecule has 0 spiro atoms. The van der Waals surface area contributed by atoms with Crippen LogP contribution in [0.15, 0.2) is 22.7 Å². The van der Waals surface area contributed by atoms with Gasteiger partial charge in [0.2, 0.25) is 0 Å². The first-order valence-corrected chi connectivity index (χ1v) is 5.56. The summed E-state index contributed by atoms with van der Waals surface area (Å²) < 4.78 is 6.65. The van der Waals surface area contributed by atoms with E-state index < -0.39 is 0 Å². The third-order valence-corrected chi connectivity index (χ3v) is 3.11. The molecule has 0 unspecified atom stereocenters. The molecule has 0 bridgehead atoms. The Morgan fingerprint density at radius 1 is 1.47 bits per heavy atom. The predicted molar refractivity (Wildman–Crippen MR) is 67.8 cm³/mol. The molecule has 4 heteroatoms. The standard InChI is InChI=1S/C11H14BrNO.ClH/c1-8-2-3-10(9(12)6-8)14-7-11(13)4-5-11;/h2-3,6H,4-5,7,13H2,1H3;1H. The lowest BCUT2D eigenvalue weighted by Crippen LogP contribution is -2.29. The Balaban J connectivity index is 0.00000112. The number of aryl methyl sites for hydroxylation is 1. The van der Waals surface area contributed by atoms with Crippen LogP contribution >= 0.6 is 28.3 Å². The molecule has 0 amide bonds. The molecule has 1 aromatic carbocycles. The van der Waals surface area contributed by atoms with Crippen molar-refractivity contribution in [2.24, 2.45) is 5.73 Å². The van der Waals surface area contributed by atoms with Gasteiger partial charge in [-0.05, 0) is 53.4 Å².